The molecule has 0 radical (unpaired) electrons. The van der Waals surface area contributed by atoms with E-state index < -0.39 is 11.6 Å². The molecule has 2 N–H and O–H groups in total. The molecule has 1 aromatic carbocycles. The molecule has 0 unspecified atom stereocenters. The van der Waals surface area contributed by atoms with Crippen molar-refractivity contribution in [1.82, 2.24) is 5.32 Å². The van der Waals surface area contributed by atoms with Gasteiger partial charge >= 0.3 is 0 Å². The van der Waals surface area contributed by atoms with Gasteiger partial charge in [-0.05, 0) is 13.1 Å². The standard InChI is InChI=1S/C10H11ClF2N2O/c1-14-3-2-9(16)15-10-7(11)4-6(12)5-8(10)13/h4-5,14H,2-3H2,1H3,(H,15,16). The van der Waals surface area contributed by atoms with E-state index in [2.05, 4.69) is 10.6 Å². The van der Waals surface area contributed by atoms with Gasteiger partial charge < -0.3 is 10.6 Å². The highest BCUT2D eigenvalue weighted by atomic mass is 35.5. The number of rotatable bonds is 4. The van der Waals surface area contributed by atoms with Crippen molar-refractivity contribution in [2.75, 3.05) is 18.9 Å². The second-order valence-electron chi connectivity index (χ2n) is 3.15. The maximum atomic E-state index is 13.2. The summed E-state index contributed by atoms with van der Waals surface area (Å²) < 4.78 is 25.9. The molecule has 0 aliphatic rings. The first kappa shape index (κ1) is 12.9. The van der Waals surface area contributed by atoms with Gasteiger partial charge in [-0.15, -0.1) is 0 Å². The fourth-order valence-corrected chi connectivity index (χ4v) is 1.34. The van der Waals surface area contributed by atoms with Crippen molar-refractivity contribution in [1.29, 1.82) is 0 Å². The van der Waals surface area contributed by atoms with Crippen LogP contribution in [0.2, 0.25) is 5.02 Å². The number of hydrogen-bond donors (Lipinski definition) is 2. The first-order valence-electron chi connectivity index (χ1n) is 4.63. The van der Waals surface area contributed by atoms with Gasteiger partial charge in [-0.2, -0.15) is 0 Å². The van der Waals surface area contributed by atoms with Gasteiger partial charge in [0.2, 0.25) is 5.91 Å². The first-order chi connectivity index (χ1) is 7.54. The number of carbonyl (C=O) groups is 1. The van der Waals surface area contributed by atoms with E-state index in [0.717, 1.165) is 6.07 Å². The van der Waals surface area contributed by atoms with Crippen LogP contribution in [0.15, 0.2) is 12.1 Å². The highest BCUT2D eigenvalue weighted by molar-refractivity contribution is 6.33. The second kappa shape index (κ2) is 5.77. The average Bonchev–Trinajstić information content (AvgIpc) is 2.20. The molecule has 0 bridgehead atoms. The lowest BCUT2D eigenvalue weighted by Gasteiger charge is -2.08. The molecule has 0 heterocycles. The molecule has 0 aliphatic carbocycles. The van der Waals surface area contributed by atoms with Crippen LogP contribution in [-0.2, 0) is 4.79 Å². The van der Waals surface area contributed by atoms with Gasteiger partial charge in [0.25, 0.3) is 0 Å². The van der Waals surface area contributed by atoms with E-state index in [-0.39, 0.29) is 23.0 Å². The summed E-state index contributed by atoms with van der Waals surface area (Å²) in [7, 11) is 1.69. The van der Waals surface area contributed by atoms with Crippen LogP contribution in [0, 0.1) is 11.6 Å². The summed E-state index contributed by atoms with van der Waals surface area (Å²) in [6.07, 6.45) is 0.184. The Morgan fingerprint density at radius 2 is 2.12 bits per heavy atom. The van der Waals surface area contributed by atoms with E-state index in [1.807, 2.05) is 0 Å². The van der Waals surface area contributed by atoms with Crippen LogP contribution in [0.1, 0.15) is 6.42 Å². The number of benzene rings is 1. The quantitative estimate of drug-likeness (QED) is 0.857. The number of amides is 1. The molecule has 16 heavy (non-hydrogen) atoms. The molecule has 1 aromatic rings. The van der Waals surface area contributed by atoms with Gasteiger partial charge in [0.05, 0.1) is 10.7 Å². The molecule has 0 aliphatic heterocycles. The molecular weight excluding hydrogens is 238 g/mol. The Labute approximate surface area is 96.8 Å². The summed E-state index contributed by atoms with van der Waals surface area (Å²) in [5, 5.41) is 4.91. The Morgan fingerprint density at radius 1 is 1.44 bits per heavy atom. The molecule has 0 saturated heterocycles. The Morgan fingerprint density at radius 3 is 2.69 bits per heavy atom. The number of carbonyl (C=O) groups excluding carboxylic acids is 1. The van der Waals surface area contributed by atoms with Gasteiger partial charge in [-0.25, -0.2) is 8.78 Å². The van der Waals surface area contributed by atoms with Crippen molar-refractivity contribution in [2.45, 2.75) is 6.42 Å². The van der Waals surface area contributed by atoms with E-state index >= 15 is 0 Å². The van der Waals surface area contributed by atoms with Crippen molar-refractivity contribution in [3.63, 3.8) is 0 Å². The van der Waals surface area contributed by atoms with Crippen LogP contribution in [0.5, 0.6) is 0 Å². The summed E-state index contributed by atoms with van der Waals surface area (Å²) in [5.74, 6) is -2.06. The van der Waals surface area contributed by atoms with E-state index in [1.54, 1.807) is 7.05 Å². The van der Waals surface area contributed by atoms with Crippen molar-refractivity contribution in [3.8, 4) is 0 Å². The number of anilines is 1. The zero-order chi connectivity index (χ0) is 12.1. The van der Waals surface area contributed by atoms with Crippen LogP contribution < -0.4 is 10.6 Å². The Bertz CT molecular complexity index is 375. The SMILES string of the molecule is CNCCC(=O)Nc1c(F)cc(F)cc1Cl. The molecule has 0 saturated carbocycles. The molecular formula is C10H11ClF2N2O. The third-order valence-corrected chi connectivity index (χ3v) is 2.17. The monoisotopic (exact) mass is 248 g/mol. The zero-order valence-corrected chi connectivity index (χ0v) is 9.37. The smallest absolute Gasteiger partial charge is 0.225 e. The van der Waals surface area contributed by atoms with Gasteiger partial charge in [0, 0.05) is 19.0 Å². The van der Waals surface area contributed by atoms with Crippen molar-refractivity contribution in [3.05, 3.63) is 28.8 Å². The molecule has 88 valence electrons. The minimum atomic E-state index is -0.886. The molecule has 3 nitrogen and oxygen atoms in total. The van der Waals surface area contributed by atoms with Crippen LogP contribution in [-0.4, -0.2) is 19.5 Å². The summed E-state index contributed by atoms with van der Waals surface area (Å²) in [4.78, 5) is 11.3. The van der Waals surface area contributed by atoms with E-state index in [4.69, 9.17) is 11.6 Å². The minimum Gasteiger partial charge on any atom is -0.322 e. The maximum Gasteiger partial charge on any atom is 0.225 e. The highest BCUT2D eigenvalue weighted by Crippen LogP contribution is 2.26. The van der Waals surface area contributed by atoms with Crippen molar-refractivity contribution in [2.24, 2.45) is 0 Å². The predicted molar refractivity (Wildman–Crippen MR) is 58.5 cm³/mol. The van der Waals surface area contributed by atoms with E-state index in [9.17, 15) is 13.6 Å². The fourth-order valence-electron chi connectivity index (χ4n) is 1.10. The van der Waals surface area contributed by atoms with Crippen LogP contribution in [0.25, 0.3) is 0 Å². The summed E-state index contributed by atoms with van der Waals surface area (Å²) in [6.45, 7) is 0.465. The zero-order valence-electron chi connectivity index (χ0n) is 8.61. The summed E-state index contributed by atoms with van der Waals surface area (Å²) >= 11 is 5.60. The largest absolute Gasteiger partial charge is 0.322 e. The lowest BCUT2D eigenvalue weighted by molar-refractivity contribution is -0.116. The first-order valence-corrected chi connectivity index (χ1v) is 5.01. The highest BCUT2D eigenvalue weighted by Gasteiger charge is 2.12. The van der Waals surface area contributed by atoms with Gasteiger partial charge in [-0.1, -0.05) is 11.6 Å². The lowest BCUT2D eigenvalue weighted by atomic mass is 10.2. The second-order valence-corrected chi connectivity index (χ2v) is 3.55. The Balaban J connectivity index is 2.77. The van der Waals surface area contributed by atoms with Crippen LogP contribution in [0.3, 0.4) is 0 Å². The summed E-state index contributed by atoms with van der Waals surface area (Å²) in [5.41, 5.74) is -0.191. The topological polar surface area (TPSA) is 41.1 Å². The van der Waals surface area contributed by atoms with Crippen LogP contribution >= 0.6 is 11.6 Å². The Hall–Kier alpha value is -1.20. The molecule has 1 rings (SSSR count). The van der Waals surface area contributed by atoms with Gasteiger partial charge in [-0.3, -0.25) is 4.79 Å². The third-order valence-electron chi connectivity index (χ3n) is 1.87. The average molecular weight is 249 g/mol. The van der Waals surface area contributed by atoms with E-state index in [0.29, 0.717) is 12.6 Å². The number of nitrogens with one attached hydrogen (secondary N) is 2. The van der Waals surface area contributed by atoms with Gasteiger partial charge in [0.1, 0.15) is 5.82 Å². The molecule has 1 amide bonds. The summed E-state index contributed by atoms with van der Waals surface area (Å²) in [6, 6.07) is 1.61. The van der Waals surface area contributed by atoms with Gasteiger partial charge in [0.15, 0.2) is 5.82 Å². The lowest BCUT2D eigenvalue weighted by Crippen LogP contribution is -2.19. The maximum absolute atomic E-state index is 13.2. The third kappa shape index (κ3) is 3.43. The number of hydrogen-bond acceptors (Lipinski definition) is 2. The predicted octanol–water partition coefficient (Wildman–Crippen LogP) is 2.17. The van der Waals surface area contributed by atoms with Crippen LogP contribution in [0.4, 0.5) is 14.5 Å². The number of halogens is 3. The molecule has 0 fully saturated rings. The fraction of sp³-hybridized carbons (Fsp3) is 0.300. The molecule has 6 heteroatoms. The van der Waals surface area contributed by atoms with Crippen molar-refractivity contribution < 1.29 is 13.6 Å². The van der Waals surface area contributed by atoms with E-state index in [1.165, 1.54) is 0 Å². The minimum absolute atomic E-state index is 0.157. The molecule has 0 atom stereocenters. The molecule has 0 aromatic heterocycles. The Kier molecular flexibility index (Phi) is 4.64. The van der Waals surface area contributed by atoms with Crippen molar-refractivity contribution >= 4 is 23.2 Å². The molecule has 0 spiro atoms. The normalized spacial score (nSPS) is 10.2.